The molecule has 0 spiro atoms. The Morgan fingerprint density at radius 1 is 1.27 bits per heavy atom. The maximum Gasteiger partial charge on any atom is 0.325 e. The Hall–Kier alpha value is -3.36. The van der Waals surface area contributed by atoms with E-state index in [4.69, 9.17) is 0 Å². The summed E-state index contributed by atoms with van der Waals surface area (Å²) in [4.78, 5) is 44.4. The second-order valence-electron chi connectivity index (χ2n) is 7.69. The van der Waals surface area contributed by atoms with Gasteiger partial charge in [-0.2, -0.15) is 0 Å². The molecule has 4 rings (SSSR count). The summed E-state index contributed by atoms with van der Waals surface area (Å²) in [5.41, 5.74) is -0.719. The van der Waals surface area contributed by atoms with E-state index in [1.165, 1.54) is 6.20 Å². The van der Waals surface area contributed by atoms with Gasteiger partial charge in [0.05, 0.1) is 17.9 Å². The van der Waals surface area contributed by atoms with E-state index in [0.29, 0.717) is 11.8 Å². The second-order valence-corrected chi connectivity index (χ2v) is 7.69. The highest BCUT2D eigenvalue weighted by Gasteiger charge is 2.56. The average molecular weight is 414 g/mol. The molecule has 1 aromatic heterocycles. The number of urea groups is 1. The van der Waals surface area contributed by atoms with Gasteiger partial charge in [0.15, 0.2) is 0 Å². The van der Waals surface area contributed by atoms with Gasteiger partial charge in [-0.3, -0.25) is 19.5 Å². The number of nitrogens with zero attached hydrogens (tertiary/aromatic N) is 3. The SMILES string of the molecule is CC1(C2CC2)NC(=O)N(CC(=O)N(Cc2ccccn2)c2ccc(F)cc2F)C1=O. The van der Waals surface area contributed by atoms with Crippen molar-refractivity contribution in [1.29, 1.82) is 0 Å². The van der Waals surface area contributed by atoms with E-state index >= 15 is 0 Å². The molecule has 1 unspecified atom stereocenters. The minimum atomic E-state index is -1.02. The number of rotatable bonds is 6. The standard InChI is InChI=1S/C21H20F2N4O3/c1-21(13-5-6-13)19(29)27(20(30)25-21)12-18(28)26(11-15-4-2-3-9-24-15)17-8-7-14(22)10-16(17)23/h2-4,7-10,13H,5-6,11-12H2,1H3,(H,25,30). The van der Waals surface area contributed by atoms with Crippen LogP contribution in [0, 0.1) is 17.6 Å². The molecule has 2 heterocycles. The highest BCUT2D eigenvalue weighted by molar-refractivity contribution is 6.10. The molecule has 2 aromatic rings. The zero-order valence-electron chi connectivity index (χ0n) is 16.3. The van der Waals surface area contributed by atoms with Crippen molar-refractivity contribution in [1.82, 2.24) is 15.2 Å². The number of nitrogens with one attached hydrogen (secondary N) is 1. The number of carbonyl (C=O) groups excluding carboxylic acids is 3. The molecule has 30 heavy (non-hydrogen) atoms. The third kappa shape index (κ3) is 3.62. The van der Waals surface area contributed by atoms with Gasteiger partial charge in [0.2, 0.25) is 5.91 Å². The third-order valence-corrected chi connectivity index (χ3v) is 5.54. The average Bonchev–Trinajstić information content (AvgIpc) is 3.53. The summed E-state index contributed by atoms with van der Waals surface area (Å²) in [6, 6.07) is 7.26. The molecule has 1 saturated heterocycles. The Kier molecular flexibility index (Phi) is 4.97. The lowest BCUT2D eigenvalue weighted by Crippen LogP contribution is -2.47. The highest BCUT2D eigenvalue weighted by atomic mass is 19.1. The maximum absolute atomic E-state index is 14.5. The van der Waals surface area contributed by atoms with E-state index < -0.39 is 41.6 Å². The number of amides is 4. The van der Waals surface area contributed by atoms with E-state index in [2.05, 4.69) is 10.3 Å². The number of benzene rings is 1. The number of hydrogen-bond donors (Lipinski definition) is 1. The first-order valence-corrected chi connectivity index (χ1v) is 9.59. The Morgan fingerprint density at radius 3 is 2.67 bits per heavy atom. The van der Waals surface area contributed by atoms with Gasteiger partial charge in [-0.15, -0.1) is 0 Å². The van der Waals surface area contributed by atoms with Gasteiger partial charge in [0, 0.05) is 12.3 Å². The zero-order valence-corrected chi connectivity index (χ0v) is 16.3. The topological polar surface area (TPSA) is 82.6 Å². The number of aromatic nitrogens is 1. The molecule has 7 nitrogen and oxygen atoms in total. The smallest absolute Gasteiger partial charge is 0.323 e. The molecule has 0 radical (unpaired) electrons. The predicted molar refractivity (Wildman–Crippen MR) is 103 cm³/mol. The molecule has 1 N–H and O–H groups in total. The normalized spacial score (nSPS) is 21.0. The Bertz CT molecular complexity index is 1010. The first-order valence-electron chi connectivity index (χ1n) is 9.59. The minimum Gasteiger partial charge on any atom is -0.323 e. The van der Waals surface area contributed by atoms with Crippen molar-refractivity contribution >= 4 is 23.5 Å². The molecular formula is C21H20F2N4O3. The minimum absolute atomic E-state index is 0.0493. The van der Waals surface area contributed by atoms with Crippen molar-refractivity contribution < 1.29 is 23.2 Å². The summed E-state index contributed by atoms with van der Waals surface area (Å²) < 4.78 is 27.8. The highest BCUT2D eigenvalue weighted by Crippen LogP contribution is 2.42. The molecule has 1 aromatic carbocycles. The van der Waals surface area contributed by atoms with Crippen LogP contribution in [-0.2, 0) is 16.1 Å². The van der Waals surface area contributed by atoms with Crippen molar-refractivity contribution in [3.8, 4) is 0 Å². The summed E-state index contributed by atoms with van der Waals surface area (Å²) in [6.45, 7) is 0.989. The maximum atomic E-state index is 14.5. The van der Waals surface area contributed by atoms with Crippen molar-refractivity contribution in [3.05, 3.63) is 59.9 Å². The van der Waals surface area contributed by atoms with Gasteiger partial charge in [0.1, 0.15) is 23.7 Å². The molecule has 1 aliphatic carbocycles. The van der Waals surface area contributed by atoms with Crippen LogP contribution in [0.1, 0.15) is 25.5 Å². The Morgan fingerprint density at radius 2 is 2.03 bits per heavy atom. The van der Waals surface area contributed by atoms with Crippen LogP contribution >= 0.6 is 0 Å². The first-order chi connectivity index (χ1) is 14.3. The van der Waals surface area contributed by atoms with Crippen LogP contribution in [0.2, 0.25) is 0 Å². The molecule has 2 aliphatic rings. The summed E-state index contributed by atoms with van der Waals surface area (Å²) in [6.07, 6.45) is 3.19. The van der Waals surface area contributed by atoms with Crippen LogP contribution in [0.25, 0.3) is 0 Å². The number of carbonyl (C=O) groups is 3. The van der Waals surface area contributed by atoms with Gasteiger partial charge >= 0.3 is 6.03 Å². The Balaban J connectivity index is 1.61. The summed E-state index contributed by atoms with van der Waals surface area (Å²) in [5.74, 6) is -2.82. The van der Waals surface area contributed by atoms with E-state index in [9.17, 15) is 23.2 Å². The molecule has 1 saturated carbocycles. The lowest BCUT2D eigenvalue weighted by atomic mass is 9.96. The summed E-state index contributed by atoms with van der Waals surface area (Å²) >= 11 is 0. The van der Waals surface area contributed by atoms with Gasteiger partial charge in [-0.25, -0.2) is 13.6 Å². The largest absolute Gasteiger partial charge is 0.325 e. The molecule has 2 fully saturated rings. The number of pyridine rings is 1. The first kappa shape index (κ1) is 19.9. The van der Waals surface area contributed by atoms with Gasteiger partial charge < -0.3 is 10.2 Å². The van der Waals surface area contributed by atoms with Crippen LogP contribution in [0.4, 0.5) is 19.3 Å². The van der Waals surface area contributed by atoms with E-state index in [0.717, 1.165) is 34.8 Å². The number of anilines is 1. The number of imide groups is 1. The number of hydrogen-bond acceptors (Lipinski definition) is 4. The molecule has 9 heteroatoms. The van der Waals surface area contributed by atoms with Crippen molar-refractivity contribution in [2.75, 3.05) is 11.4 Å². The van der Waals surface area contributed by atoms with Crippen LogP contribution in [0.3, 0.4) is 0 Å². The lowest BCUT2D eigenvalue weighted by molar-refractivity contribution is -0.134. The molecule has 0 bridgehead atoms. The molecule has 1 aliphatic heterocycles. The van der Waals surface area contributed by atoms with Crippen molar-refractivity contribution in [3.63, 3.8) is 0 Å². The molecular weight excluding hydrogens is 394 g/mol. The second kappa shape index (κ2) is 7.47. The van der Waals surface area contributed by atoms with Crippen LogP contribution in [0.5, 0.6) is 0 Å². The Labute approximate surface area is 171 Å². The third-order valence-electron chi connectivity index (χ3n) is 5.54. The molecule has 4 amide bonds. The van der Waals surface area contributed by atoms with E-state index in [-0.39, 0.29) is 18.2 Å². The fourth-order valence-electron chi connectivity index (χ4n) is 3.68. The zero-order chi connectivity index (χ0) is 21.5. The number of halogens is 2. The molecule has 156 valence electrons. The van der Waals surface area contributed by atoms with Gasteiger partial charge in [-0.05, 0) is 49.9 Å². The summed E-state index contributed by atoms with van der Waals surface area (Å²) in [7, 11) is 0. The van der Waals surface area contributed by atoms with Crippen LogP contribution in [0.15, 0.2) is 42.6 Å². The van der Waals surface area contributed by atoms with Crippen LogP contribution < -0.4 is 10.2 Å². The fourth-order valence-corrected chi connectivity index (χ4v) is 3.68. The van der Waals surface area contributed by atoms with E-state index in [1.807, 2.05) is 0 Å². The monoisotopic (exact) mass is 414 g/mol. The summed E-state index contributed by atoms with van der Waals surface area (Å²) in [5, 5.41) is 2.68. The van der Waals surface area contributed by atoms with Crippen molar-refractivity contribution in [2.45, 2.75) is 31.8 Å². The van der Waals surface area contributed by atoms with Gasteiger partial charge in [0.25, 0.3) is 5.91 Å². The lowest BCUT2D eigenvalue weighted by Gasteiger charge is -2.25. The fraction of sp³-hybridized carbons (Fsp3) is 0.333. The van der Waals surface area contributed by atoms with Crippen LogP contribution in [-0.4, -0.2) is 39.8 Å². The quantitative estimate of drug-likeness (QED) is 0.737. The molecule has 1 atom stereocenters. The van der Waals surface area contributed by atoms with Crippen molar-refractivity contribution in [2.24, 2.45) is 5.92 Å². The van der Waals surface area contributed by atoms with E-state index in [1.54, 1.807) is 25.1 Å². The van der Waals surface area contributed by atoms with Gasteiger partial charge in [-0.1, -0.05) is 6.07 Å². The predicted octanol–water partition coefficient (Wildman–Crippen LogP) is 2.61.